The highest BCUT2D eigenvalue weighted by Crippen LogP contribution is 2.21. The molecule has 1 aromatic carbocycles. The molecule has 0 aliphatic carbocycles. The number of hydrogen-bond donors (Lipinski definition) is 2. The normalized spacial score (nSPS) is 15.1. The molecule has 5 nitrogen and oxygen atoms in total. The SMILES string of the molecule is CCNC(=NCc1ccc(N2CCCC2=O)cc1)NCC(CC)CC. The molecule has 138 valence electrons. The molecule has 1 saturated heterocycles. The summed E-state index contributed by atoms with van der Waals surface area (Å²) in [5, 5.41) is 6.75. The predicted molar refractivity (Wildman–Crippen MR) is 105 cm³/mol. The van der Waals surface area contributed by atoms with E-state index in [2.05, 4.69) is 48.5 Å². The Hall–Kier alpha value is -2.04. The van der Waals surface area contributed by atoms with Crippen molar-refractivity contribution in [3.05, 3.63) is 29.8 Å². The van der Waals surface area contributed by atoms with Gasteiger partial charge in [0.05, 0.1) is 6.54 Å². The van der Waals surface area contributed by atoms with Gasteiger partial charge in [-0.15, -0.1) is 0 Å². The topological polar surface area (TPSA) is 56.7 Å². The standard InChI is InChI=1S/C20H32N4O/c1-4-16(5-2)14-22-20(21-6-3)23-15-17-9-11-18(12-10-17)24-13-7-8-19(24)25/h9-12,16H,4-8,13-15H2,1-3H3,(H2,21,22,23). The highest BCUT2D eigenvalue weighted by atomic mass is 16.2. The summed E-state index contributed by atoms with van der Waals surface area (Å²) in [4.78, 5) is 18.4. The molecule has 2 rings (SSSR count). The molecule has 1 aliphatic heterocycles. The molecule has 1 heterocycles. The molecule has 0 radical (unpaired) electrons. The van der Waals surface area contributed by atoms with Gasteiger partial charge in [0.2, 0.25) is 5.91 Å². The summed E-state index contributed by atoms with van der Waals surface area (Å²) in [5.74, 6) is 1.78. The molecule has 0 saturated carbocycles. The average molecular weight is 345 g/mol. The first-order valence-corrected chi connectivity index (χ1v) is 9.59. The quantitative estimate of drug-likeness (QED) is 0.562. The first kappa shape index (κ1) is 19.3. The molecule has 0 spiro atoms. The molecule has 0 atom stereocenters. The Kier molecular flexibility index (Phi) is 7.76. The lowest BCUT2D eigenvalue weighted by Gasteiger charge is -2.17. The second-order valence-electron chi connectivity index (χ2n) is 6.57. The van der Waals surface area contributed by atoms with Crippen molar-refractivity contribution in [3.8, 4) is 0 Å². The highest BCUT2D eigenvalue weighted by Gasteiger charge is 2.21. The van der Waals surface area contributed by atoms with Crippen molar-refractivity contribution in [2.45, 2.75) is 53.0 Å². The van der Waals surface area contributed by atoms with Gasteiger partial charge < -0.3 is 15.5 Å². The third-order valence-electron chi connectivity index (χ3n) is 4.80. The number of carbonyl (C=O) groups is 1. The molecule has 1 aromatic rings. The van der Waals surface area contributed by atoms with Crippen LogP contribution in [-0.2, 0) is 11.3 Å². The Morgan fingerprint density at radius 1 is 1.16 bits per heavy atom. The molecule has 1 amide bonds. The molecule has 0 aromatic heterocycles. The Bertz CT molecular complexity index is 564. The fourth-order valence-corrected chi connectivity index (χ4v) is 3.03. The van der Waals surface area contributed by atoms with Crippen LogP contribution in [0, 0.1) is 5.92 Å². The van der Waals surface area contributed by atoms with Gasteiger partial charge in [0.25, 0.3) is 0 Å². The maximum absolute atomic E-state index is 11.8. The number of hydrogen-bond acceptors (Lipinski definition) is 2. The minimum absolute atomic E-state index is 0.228. The lowest BCUT2D eigenvalue weighted by Crippen LogP contribution is -2.39. The molecule has 1 fully saturated rings. The largest absolute Gasteiger partial charge is 0.357 e. The van der Waals surface area contributed by atoms with Crippen molar-refractivity contribution < 1.29 is 4.79 Å². The van der Waals surface area contributed by atoms with Crippen molar-refractivity contribution in [2.75, 3.05) is 24.5 Å². The summed E-state index contributed by atoms with van der Waals surface area (Å²) in [6.07, 6.45) is 3.98. The van der Waals surface area contributed by atoms with Gasteiger partial charge in [0.15, 0.2) is 5.96 Å². The second kappa shape index (κ2) is 10.1. The van der Waals surface area contributed by atoms with Crippen molar-refractivity contribution in [3.63, 3.8) is 0 Å². The summed E-state index contributed by atoms with van der Waals surface area (Å²) < 4.78 is 0. The number of guanidine groups is 1. The minimum atomic E-state index is 0.228. The van der Waals surface area contributed by atoms with E-state index in [-0.39, 0.29) is 5.91 Å². The zero-order valence-corrected chi connectivity index (χ0v) is 15.8. The van der Waals surface area contributed by atoms with Crippen LogP contribution in [0.5, 0.6) is 0 Å². The number of nitrogens with zero attached hydrogens (tertiary/aromatic N) is 2. The number of rotatable bonds is 8. The Morgan fingerprint density at radius 3 is 2.44 bits per heavy atom. The number of anilines is 1. The molecule has 0 unspecified atom stereocenters. The van der Waals surface area contributed by atoms with Crippen LogP contribution in [0.2, 0.25) is 0 Å². The lowest BCUT2D eigenvalue weighted by atomic mass is 10.0. The fraction of sp³-hybridized carbons (Fsp3) is 0.600. The van der Waals surface area contributed by atoms with E-state index in [1.807, 2.05) is 17.0 Å². The van der Waals surface area contributed by atoms with E-state index < -0.39 is 0 Å². The van der Waals surface area contributed by atoms with Crippen LogP contribution in [0.25, 0.3) is 0 Å². The molecule has 2 N–H and O–H groups in total. The van der Waals surface area contributed by atoms with Crippen LogP contribution in [0.1, 0.15) is 52.0 Å². The fourth-order valence-electron chi connectivity index (χ4n) is 3.03. The van der Waals surface area contributed by atoms with Crippen LogP contribution in [0.15, 0.2) is 29.3 Å². The Balaban J connectivity index is 1.93. The third kappa shape index (κ3) is 5.76. The van der Waals surface area contributed by atoms with Gasteiger partial charge in [-0.2, -0.15) is 0 Å². The second-order valence-corrected chi connectivity index (χ2v) is 6.57. The van der Waals surface area contributed by atoms with Crippen molar-refractivity contribution >= 4 is 17.6 Å². The van der Waals surface area contributed by atoms with E-state index in [0.29, 0.717) is 18.9 Å². The van der Waals surface area contributed by atoms with Crippen molar-refractivity contribution in [2.24, 2.45) is 10.9 Å². The molecule has 1 aliphatic rings. The van der Waals surface area contributed by atoms with Crippen molar-refractivity contribution in [1.29, 1.82) is 0 Å². The minimum Gasteiger partial charge on any atom is -0.357 e. The van der Waals surface area contributed by atoms with Gasteiger partial charge in [-0.05, 0) is 37.0 Å². The summed E-state index contributed by atoms with van der Waals surface area (Å²) >= 11 is 0. The third-order valence-corrected chi connectivity index (χ3v) is 4.80. The average Bonchev–Trinajstić information content (AvgIpc) is 3.07. The number of nitrogens with one attached hydrogen (secondary N) is 2. The van der Waals surface area contributed by atoms with Gasteiger partial charge in [-0.3, -0.25) is 4.79 Å². The van der Waals surface area contributed by atoms with Crippen LogP contribution in [0.4, 0.5) is 5.69 Å². The maximum atomic E-state index is 11.8. The van der Waals surface area contributed by atoms with E-state index in [4.69, 9.17) is 0 Å². The summed E-state index contributed by atoms with van der Waals surface area (Å²) in [6.45, 7) is 9.81. The monoisotopic (exact) mass is 344 g/mol. The number of benzene rings is 1. The predicted octanol–water partition coefficient (Wildman–Crippen LogP) is 3.30. The molecule has 0 bridgehead atoms. The Labute approximate surface area is 151 Å². The maximum Gasteiger partial charge on any atom is 0.227 e. The lowest BCUT2D eigenvalue weighted by molar-refractivity contribution is -0.117. The van der Waals surface area contributed by atoms with Gasteiger partial charge in [-0.25, -0.2) is 4.99 Å². The molecular weight excluding hydrogens is 312 g/mol. The number of amides is 1. The van der Waals surface area contributed by atoms with Gasteiger partial charge in [-0.1, -0.05) is 38.8 Å². The van der Waals surface area contributed by atoms with E-state index in [0.717, 1.165) is 43.3 Å². The summed E-state index contributed by atoms with van der Waals surface area (Å²) in [6, 6.07) is 8.18. The van der Waals surface area contributed by atoms with Gasteiger partial charge >= 0.3 is 0 Å². The van der Waals surface area contributed by atoms with Crippen LogP contribution < -0.4 is 15.5 Å². The molecule has 25 heavy (non-hydrogen) atoms. The van der Waals surface area contributed by atoms with Gasteiger partial charge in [0.1, 0.15) is 0 Å². The molecule has 5 heteroatoms. The summed E-state index contributed by atoms with van der Waals surface area (Å²) in [5.41, 5.74) is 2.14. The van der Waals surface area contributed by atoms with Crippen LogP contribution >= 0.6 is 0 Å². The van der Waals surface area contributed by atoms with Crippen LogP contribution in [-0.4, -0.2) is 31.5 Å². The smallest absolute Gasteiger partial charge is 0.227 e. The first-order valence-electron chi connectivity index (χ1n) is 9.59. The zero-order valence-electron chi connectivity index (χ0n) is 15.8. The number of aliphatic imine (C=N–C) groups is 1. The van der Waals surface area contributed by atoms with Gasteiger partial charge in [0, 0.05) is 31.7 Å². The van der Waals surface area contributed by atoms with Crippen molar-refractivity contribution in [1.82, 2.24) is 10.6 Å². The first-order chi connectivity index (χ1) is 12.2. The summed E-state index contributed by atoms with van der Waals surface area (Å²) in [7, 11) is 0. The van der Waals surface area contributed by atoms with E-state index in [9.17, 15) is 4.79 Å². The van der Waals surface area contributed by atoms with E-state index in [1.54, 1.807) is 0 Å². The number of carbonyl (C=O) groups excluding carboxylic acids is 1. The zero-order chi connectivity index (χ0) is 18.1. The van der Waals surface area contributed by atoms with Crippen LogP contribution in [0.3, 0.4) is 0 Å². The van der Waals surface area contributed by atoms with E-state index in [1.165, 1.54) is 12.8 Å². The molecular formula is C20H32N4O. The Morgan fingerprint density at radius 2 is 1.88 bits per heavy atom. The highest BCUT2D eigenvalue weighted by molar-refractivity contribution is 5.95. The van der Waals surface area contributed by atoms with E-state index >= 15 is 0 Å².